The number of anilines is 1. The average Bonchev–Trinajstić information content (AvgIpc) is 2.56. The summed E-state index contributed by atoms with van der Waals surface area (Å²) in [5, 5.41) is 0. The molecule has 0 bridgehead atoms. The highest BCUT2D eigenvalue weighted by Gasteiger charge is 2.18. The van der Waals surface area contributed by atoms with Gasteiger partial charge in [-0.2, -0.15) is 0 Å². The van der Waals surface area contributed by atoms with Gasteiger partial charge in [0.1, 0.15) is 0 Å². The Kier molecular flexibility index (Phi) is 3.79. The van der Waals surface area contributed by atoms with Gasteiger partial charge in [-0.15, -0.1) is 0 Å². The van der Waals surface area contributed by atoms with Crippen LogP contribution in [0.1, 0.15) is 15.9 Å². The Balaban J connectivity index is 1.95. The number of nitrogens with zero attached hydrogens (tertiary/aromatic N) is 1. The van der Waals surface area contributed by atoms with Crippen molar-refractivity contribution in [1.82, 2.24) is 0 Å². The Labute approximate surface area is 118 Å². The lowest BCUT2D eigenvalue weighted by atomic mass is 10.0. The number of carbonyl (C=O) groups is 1. The van der Waals surface area contributed by atoms with Crippen LogP contribution in [0.5, 0.6) is 0 Å². The predicted octanol–water partition coefficient (Wildman–Crippen LogP) is 2.75. The van der Waals surface area contributed by atoms with Crippen molar-refractivity contribution in [2.24, 2.45) is 0 Å². The summed E-state index contributed by atoms with van der Waals surface area (Å²) in [5.74, 6) is 0.0766. The van der Waals surface area contributed by atoms with Crippen molar-refractivity contribution in [2.75, 3.05) is 31.2 Å². The Hall–Kier alpha value is -2.13. The molecule has 1 heterocycles. The molecule has 2 aromatic carbocycles. The molecule has 1 aliphatic heterocycles. The molecule has 0 atom stereocenters. The van der Waals surface area contributed by atoms with Crippen LogP contribution >= 0.6 is 0 Å². The second-order valence-electron chi connectivity index (χ2n) is 4.81. The van der Waals surface area contributed by atoms with Gasteiger partial charge in [0.05, 0.1) is 13.2 Å². The molecule has 0 N–H and O–H groups in total. The van der Waals surface area contributed by atoms with Gasteiger partial charge < -0.3 is 9.64 Å². The molecule has 1 saturated heterocycles. The summed E-state index contributed by atoms with van der Waals surface area (Å²) >= 11 is 0. The minimum absolute atomic E-state index is 0.0766. The van der Waals surface area contributed by atoms with Crippen LogP contribution in [0.3, 0.4) is 0 Å². The van der Waals surface area contributed by atoms with Gasteiger partial charge in [-0.3, -0.25) is 4.79 Å². The van der Waals surface area contributed by atoms with Crippen LogP contribution in [0, 0.1) is 0 Å². The van der Waals surface area contributed by atoms with Gasteiger partial charge in [-0.25, -0.2) is 0 Å². The Morgan fingerprint density at radius 2 is 1.55 bits per heavy atom. The SMILES string of the molecule is O=C(c1ccccc1)c1ccccc1N1CCOCC1. The molecule has 2 aromatic rings. The molecule has 0 aromatic heterocycles. The fourth-order valence-electron chi connectivity index (χ4n) is 2.49. The fourth-order valence-corrected chi connectivity index (χ4v) is 2.49. The molecule has 3 heteroatoms. The van der Waals surface area contributed by atoms with E-state index in [4.69, 9.17) is 4.74 Å². The van der Waals surface area contributed by atoms with E-state index in [1.54, 1.807) is 0 Å². The Bertz CT molecular complexity index is 589. The zero-order valence-electron chi connectivity index (χ0n) is 11.3. The first kappa shape index (κ1) is 12.9. The van der Waals surface area contributed by atoms with E-state index in [0.29, 0.717) is 13.2 Å². The third kappa shape index (κ3) is 2.58. The van der Waals surface area contributed by atoms with Crippen LogP contribution in [0.4, 0.5) is 5.69 Å². The molecule has 1 aliphatic rings. The van der Waals surface area contributed by atoms with Crippen molar-refractivity contribution >= 4 is 11.5 Å². The van der Waals surface area contributed by atoms with Crippen molar-refractivity contribution in [2.45, 2.75) is 0 Å². The Morgan fingerprint density at radius 3 is 2.30 bits per heavy atom. The minimum atomic E-state index is 0.0766. The number of carbonyl (C=O) groups excluding carboxylic acids is 1. The van der Waals surface area contributed by atoms with E-state index < -0.39 is 0 Å². The van der Waals surface area contributed by atoms with E-state index in [9.17, 15) is 4.79 Å². The third-order valence-corrected chi connectivity index (χ3v) is 3.54. The molecule has 0 aliphatic carbocycles. The lowest BCUT2D eigenvalue weighted by Crippen LogP contribution is -2.37. The van der Waals surface area contributed by atoms with Crippen LogP contribution in [0.2, 0.25) is 0 Å². The molecule has 0 amide bonds. The monoisotopic (exact) mass is 267 g/mol. The zero-order chi connectivity index (χ0) is 13.8. The second-order valence-corrected chi connectivity index (χ2v) is 4.81. The Morgan fingerprint density at radius 1 is 0.900 bits per heavy atom. The van der Waals surface area contributed by atoms with Gasteiger partial charge in [0.15, 0.2) is 5.78 Å². The lowest BCUT2D eigenvalue weighted by Gasteiger charge is -2.30. The van der Waals surface area contributed by atoms with Gasteiger partial charge in [-0.05, 0) is 12.1 Å². The van der Waals surface area contributed by atoms with E-state index in [0.717, 1.165) is 29.9 Å². The zero-order valence-corrected chi connectivity index (χ0v) is 11.3. The summed E-state index contributed by atoms with van der Waals surface area (Å²) in [4.78, 5) is 14.9. The molecule has 3 nitrogen and oxygen atoms in total. The summed E-state index contributed by atoms with van der Waals surface area (Å²) < 4.78 is 5.38. The van der Waals surface area contributed by atoms with Crippen molar-refractivity contribution in [3.63, 3.8) is 0 Å². The van der Waals surface area contributed by atoms with Crippen LogP contribution in [0.25, 0.3) is 0 Å². The summed E-state index contributed by atoms with van der Waals surface area (Å²) in [7, 11) is 0. The summed E-state index contributed by atoms with van der Waals surface area (Å²) in [6.07, 6.45) is 0. The van der Waals surface area contributed by atoms with E-state index in [-0.39, 0.29) is 5.78 Å². The number of morpholine rings is 1. The summed E-state index contributed by atoms with van der Waals surface area (Å²) in [6, 6.07) is 17.2. The first-order chi connectivity index (χ1) is 9.86. The molecule has 0 spiro atoms. The maximum Gasteiger partial charge on any atom is 0.195 e. The third-order valence-electron chi connectivity index (χ3n) is 3.54. The minimum Gasteiger partial charge on any atom is -0.378 e. The number of ether oxygens (including phenoxy) is 1. The molecular formula is C17H17NO2. The molecular weight excluding hydrogens is 250 g/mol. The molecule has 0 radical (unpaired) electrons. The van der Waals surface area contributed by atoms with Crippen molar-refractivity contribution in [3.05, 3.63) is 65.7 Å². The van der Waals surface area contributed by atoms with Crippen LogP contribution in [-0.4, -0.2) is 32.1 Å². The van der Waals surface area contributed by atoms with Crippen molar-refractivity contribution in [1.29, 1.82) is 0 Å². The number of hydrogen-bond donors (Lipinski definition) is 0. The number of hydrogen-bond acceptors (Lipinski definition) is 3. The summed E-state index contributed by atoms with van der Waals surface area (Å²) in [6.45, 7) is 3.10. The first-order valence-corrected chi connectivity index (χ1v) is 6.88. The highest BCUT2D eigenvalue weighted by Crippen LogP contribution is 2.24. The number of rotatable bonds is 3. The van der Waals surface area contributed by atoms with Crippen LogP contribution in [-0.2, 0) is 4.74 Å². The maximum absolute atomic E-state index is 12.7. The van der Waals surface area contributed by atoms with E-state index in [1.165, 1.54) is 0 Å². The topological polar surface area (TPSA) is 29.5 Å². The molecule has 3 rings (SSSR count). The van der Waals surface area contributed by atoms with Gasteiger partial charge >= 0.3 is 0 Å². The second kappa shape index (κ2) is 5.88. The van der Waals surface area contributed by atoms with Gasteiger partial charge in [-0.1, -0.05) is 42.5 Å². The van der Waals surface area contributed by atoms with Crippen LogP contribution in [0.15, 0.2) is 54.6 Å². The first-order valence-electron chi connectivity index (χ1n) is 6.88. The molecule has 20 heavy (non-hydrogen) atoms. The molecule has 0 saturated carbocycles. The molecule has 102 valence electrons. The summed E-state index contributed by atoms with van der Waals surface area (Å²) in [5.41, 5.74) is 2.50. The molecule has 1 fully saturated rings. The smallest absolute Gasteiger partial charge is 0.195 e. The lowest BCUT2D eigenvalue weighted by molar-refractivity contribution is 0.103. The van der Waals surface area contributed by atoms with Crippen molar-refractivity contribution in [3.8, 4) is 0 Å². The number of para-hydroxylation sites is 1. The average molecular weight is 267 g/mol. The quantitative estimate of drug-likeness (QED) is 0.801. The maximum atomic E-state index is 12.7. The largest absolute Gasteiger partial charge is 0.378 e. The predicted molar refractivity (Wildman–Crippen MR) is 79.3 cm³/mol. The van der Waals surface area contributed by atoms with Gasteiger partial charge in [0.2, 0.25) is 0 Å². The highest BCUT2D eigenvalue weighted by atomic mass is 16.5. The standard InChI is InChI=1S/C17H17NO2/c19-17(14-6-2-1-3-7-14)15-8-4-5-9-16(15)18-10-12-20-13-11-18/h1-9H,10-13H2. The van der Waals surface area contributed by atoms with E-state index >= 15 is 0 Å². The normalized spacial score (nSPS) is 15.1. The number of ketones is 1. The molecule has 0 unspecified atom stereocenters. The van der Waals surface area contributed by atoms with Gasteiger partial charge in [0.25, 0.3) is 0 Å². The van der Waals surface area contributed by atoms with Crippen LogP contribution < -0.4 is 4.90 Å². The highest BCUT2D eigenvalue weighted by molar-refractivity contribution is 6.12. The van der Waals surface area contributed by atoms with Crippen molar-refractivity contribution < 1.29 is 9.53 Å². The van der Waals surface area contributed by atoms with E-state index in [1.807, 2.05) is 54.6 Å². The fraction of sp³-hybridized carbons (Fsp3) is 0.235. The van der Waals surface area contributed by atoms with Gasteiger partial charge in [0, 0.05) is 29.9 Å². The van der Waals surface area contributed by atoms with E-state index in [2.05, 4.69) is 4.90 Å². The number of benzene rings is 2.